The summed E-state index contributed by atoms with van der Waals surface area (Å²) in [6.45, 7) is 3.34. The van der Waals surface area contributed by atoms with Gasteiger partial charge in [0.1, 0.15) is 0 Å². The average molecular weight is 556 g/mol. The van der Waals surface area contributed by atoms with Crippen LogP contribution in [0, 0.1) is 37.5 Å². The monoisotopic (exact) mass is 554 g/mol. The lowest BCUT2D eigenvalue weighted by Gasteiger charge is -2.28. The Morgan fingerprint density at radius 3 is 2.16 bits per heavy atom. The van der Waals surface area contributed by atoms with E-state index >= 15 is 0 Å². The van der Waals surface area contributed by atoms with Crippen molar-refractivity contribution in [3.63, 3.8) is 0 Å². The summed E-state index contributed by atoms with van der Waals surface area (Å²) >= 11 is 7.30. The summed E-state index contributed by atoms with van der Waals surface area (Å²) in [4.78, 5) is 51.5. The fourth-order valence-electron chi connectivity index (χ4n) is 5.24. The van der Waals surface area contributed by atoms with Gasteiger partial charge >= 0.3 is 5.97 Å². The van der Waals surface area contributed by atoms with E-state index in [1.165, 1.54) is 4.90 Å². The number of rotatable bonds is 6. The van der Waals surface area contributed by atoms with Gasteiger partial charge in [0.25, 0.3) is 5.91 Å². The van der Waals surface area contributed by atoms with Crippen LogP contribution in [-0.2, 0) is 23.9 Å². The summed E-state index contributed by atoms with van der Waals surface area (Å²) < 4.78 is 5.05. The van der Waals surface area contributed by atoms with Gasteiger partial charge in [0.2, 0.25) is 11.8 Å². The first-order chi connectivity index (χ1) is 14.7. The van der Waals surface area contributed by atoms with Gasteiger partial charge < -0.3 is 10.1 Å². The molecule has 1 saturated heterocycles. The van der Waals surface area contributed by atoms with Gasteiger partial charge in [-0.2, -0.15) is 0 Å². The Labute approximate surface area is 197 Å². The number of hydrogen-bond donors (Lipinski definition) is 1. The molecule has 1 aromatic carbocycles. The van der Waals surface area contributed by atoms with Gasteiger partial charge in [-0.25, -0.2) is 0 Å². The first-order valence-electron chi connectivity index (χ1n) is 10.4. The molecule has 7 nitrogen and oxygen atoms in total. The number of amides is 3. The van der Waals surface area contributed by atoms with Crippen molar-refractivity contribution in [2.45, 2.75) is 36.3 Å². The van der Waals surface area contributed by atoms with E-state index in [-0.39, 0.29) is 58.1 Å². The summed E-state index contributed by atoms with van der Waals surface area (Å²) in [5, 5.41) is 2.75. The first-order valence-corrected chi connectivity index (χ1v) is 12.2. The van der Waals surface area contributed by atoms with Crippen LogP contribution in [0.2, 0.25) is 0 Å². The van der Waals surface area contributed by atoms with Crippen molar-refractivity contribution < 1.29 is 23.9 Å². The second kappa shape index (κ2) is 8.65. The fraction of sp³-hybridized carbons (Fsp3) is 0.545. The zero-order valence-corrected chi connectivity index (χ0v) is 20.4. The van der Waals surface area contributed by atoms with Crippen molar-refractivity contribution in [3.05, 3.63) is 29.3 Å². The molecule has 0 spiro atoms. The van der Waals surface area contributed by atoms with Crippen LogP contribution in [0.15, 0.2) is 18.2 Å². The number of anilines is 1. The van der Waals surface area contributed by atoms with Gasteiger partial charge in [0.15, 0.2) is 6.61 Å². The molecule has 0 aromatic heterocycles. The lowest BCUT2D eigenvalue weighted by atomic mass is 9.81. The van der Waals surface area contributed by atoms with Gasteiger partial charge in [-0.15, -0.1) is 0 Å². The minimum atomic E-state index is -0.617. The van der Waals surface area contributed by atoms with Crippen molar-refractivity contribution in [3.8, 4) is 0 Å². The van der Waals surface area contributed by atoms with Gasteiger partial charge in [-0.3, -0.25) is 24.1 Å². The number of likely N-dealkylation sites (tertiary alicyclic amines) is 1. The third kappa shape index (κ3) is 3.95. The van der Waals surface area contributed by atoms with Crippen molar-refractivity contribution in [2.24, 2.45) is 23.7 Å². The standard InChI is InChI=1S/C22H24Br2N2O5/c1-10-4-3-5-11(2)20(10)25-14(27)9-31-15(28)6-7-26-21(29)16-12-8-13(17(16)22(26)30)19(24)18(12)23/h3-5,12-13,16-19H,6-9H2,1-2H3,(H,25,27)/t12-,13-,16-,17+,18+,19+/m1/s1. The fourth-order valence-corrected chi connectivity index (χ4v) is 7.11. The van der Waals surface area contributed by atoms with E-state index in [1.807, 2.05) is 32.0 Å². The highest BCUT2D eigenvalue weighted by Crippen LogP contribution is 2.60. The molecule has 2 bridgehead atoms. The Morgan fingerprint density at radius 1 is 1.06 bits per heavy atom. The zero-order chi connectivity index (χ0) is 22.4. The topological polar surface area (TPSA) is 92.8 Å². The second-order valence-electron chi connectivity index (χ2n) is 8.56. The van der Waals surface area contributed by atoms with Crippen LogP contribution < -0.4 is 5.32 Å². The minimum Gasteiger partial charge on any atom is -0.456 e. The summed E-state index contributed by atoms with van der Waals surface area (Å²) in [6, 6.07) is 5.67. The number of esters is 1. The minimum absolute atomic E-state index is 0.0125. The maximum atomic E-state index is 12.8. The molecule has 1 aliphatic heterocycles. The molecule has 3 amide bonds. The summed E-state index contributed by atoms with van der Waals surface area (Å²) in [5.74, 6) is -1.74. The van der Waals surface area contributed by atoms with Crippen molar-refractivity contribution in [2.75, 3.05) is 18.5 Å². The molecule has 1 aromatic rings. The predicted molar refractivity (Wildman–Crippen MR) is 121 cm³/mol. The third-order valence-corrected chi connectivity index (χ3v) is 9.93. The van der Waals surface area contributed by atoms with Crippen LogP contribution in [0.1, 0.15) is 24.0 Å². The van der Waals surface area contributed by atoms with E-state index in [2.05, 4.69) is 37.2 Å². The van der Waals surface area contributed by atoms with E-state index in [0.717, 1.165) is 17.5 Å². The number of hydrogen-bond acceptors (Lipinski definition) is 5. The van der Waals surface area contributed by atoms with Crippen molar-refractivity contribution in [1.29, 1.82) is 0 Å². The van der Waals surface area contributed by atoms with Crippen molar-refractivity contribution in [1.82, 2.24) is 4.90 Å². The average Bonchev–Trinajstić information content (AvgIpc) is 3.33. The molecule has 9 heteroatoms. The van der Waals surface area contributed by atoms with Gasteiger partial charge in [0, 0.05) is 21.9 Å². The lowest BCUT2D eigenvalue weighted by molar-refractivity contribution is -0.149. The number of aryl methyl sites for hydroxylation is 2. The SMILES string of the molecule is Cc1cccc(C)c1NC(=O)COC(=O)CCN1C(=O)[C@@H]2[C@H]3C[C@@H]([C@H](Br)[C@H]3Br)[C@@H]2C1=O. The lowest BCUT2D eigenvalue weighted by Crippen LogP contribution is -2.37. The highest BCUT2D eigenvalue weighted by Gasteiger charge is 2.66. The number of alkyl halides is 2. The van der Waals surface area contributed by atoms with E-state index in [0.29, 0.717) is 5.69 Å². The van der Waals surface area contributed by atoms with Crippen LogP contribution in [-0.4, -0.2) is 51.4 Å². The van der Waals surface area contributed by atoms with Crippen LogP contribution >= 0.6 is 31.9 Å². The Balaban J connectivity index is 1.27. The number of carbonyl (C=O) groups is 4. The molecule has 2 saturated carbocycles. The molecule has 31 heavy (non-hydrogen) atoms. The van der Waals surface area contributed by atoms with Gasteiger partial charge in [0.05, 0.1) is 18.3 Å². The molecule has 0 radical (unpaired) electrons. The van der Waals surface area contributed by atoms with E-state index in [4.69, 9.17) is 4.74 Å². The third-order valence-electron chi connectivity index (χ3n) is 6.73. The number of ether oxygens (including phenoxy) is 1. The number of halogens is 2. The van der Waals surface area contributed by atoms with Crippen LogP contribution in [0.4, 0.5) is 5.69 Å². The molecule has 3 aliphatic rings. The maximum Gasteiger partial charge on any atom is 0.308 e. The smallest absolute Gasteiger partial charge is 0.308 e. The Hall–Kier alpha value is -1.74. The van der Waals surface area contributed by atoms with Crippen LogP contribution in [0.5, 0.6) is 0 Å². The Kier molecular flexibility index (Phi) is 6.27. The van der Waals surface area contributed by atoms with Gasteiger partial charge in [-0.1, -0.05) is 50.1 Å². The molecule has 0 unspecified atom stereocenters. The molecule has 6 atom stereocenters. The van der Waals surface area contributed by atoms with E-state index in [1.54, 1.807) is 0 Å². The quantitative estimate of drug-likeness (QED) is 0.331. The molecule has 3 fully saturated rings. The Bertz CT molecular complexity index is 900. The zero-order valence-electron chi connectivity index (χ0n) is 17.3. The summed E-state index contributed by atoms with van der Waals surface area (Å²) in [6.07, 6.45) is 0.739. The molecule has 166 valence electrons. The molecular weight excluding hydrogens is 532 g/mol. The Morgan fingerprint density at radius 2 is 1.61 bits per heavy atom. The predicted octanol–water partition coefficient (Wildman–Crippen LogP) is 2.95. The number of nitrogens with one attached hydrogen (secondary N) is 1. The number of nitrogens with zero attached hydrogens (tertiary/aromatic N) is 1. The number of benzene rings is 1. The number of fused-ring (bicyclic) bond motifs is 5. The van der Waals surface area contributed by atoms with Crippen molar-refractivity contribution >= 4 is 61.2 Å². The summed E-state index contributed by atoms with van der Waals surface area (Å²) in [7, 11) is 0. The molecule has 1 N–H and O–H groups in total. The highest BCUT2D eigenvalue weighted by molar-refractivity contribution is 9.12. The molecular formula is C22H24Br2N2O5. The van der Waals surface area contributed by atoms with E-state index in [9.17, 15) is 19.2 Å². The molecule has 2 aliphatic carbocycles. The van der Waals surface area contributed by atoms with Gasteiger partial charge in [-0.05, 0) is 43.2 Å². The first kappa shape index (κ1) is 22.5. The number of carbonyl (C=O) groups excluding carboxylic acids is 4. The normalized spacial score (nSPS) is 31.2. The number of para-hydroxylation sites is 1. The number of imide groups is 1. The largest absolute Gasteiger partial charge is 0.456 e. The maximum absolute atomic E-state index is 12.8. The van der Waals surface area contributed by atoms with Crippen LogP contribution in [0.3, 0.4) is 0 Å². The second-order valence-corrected chi connectivity index (χ2v) is 10.7. The van der Waals surface area contributed by atoms with E-state index < -0.39 is 18.5 Å². The van der Waals surface area contributed by atoms with Crippen LogP contribution in [0.25, 0.3) is 0 Å². The highest BCUT2D eigenvalue weighted by atomic mass is 79.9. The molecule has 1 heterocycles. The summed E-state index contributed by atoms with van der Waals surface area (Å²) in [5.41, 5.74) is 2.54. The molecule has 4 rings (SSSR count).